The number of aryl methyl sites for hydroxylation is 2. The topological polar surface area (TPSA) is 55.6 Å². The molecule has 126 valence electrons. The first-order valence-electron chi connectivity index (χ1n) is 8.81. The van der Waals surface area contributed by atoms with Crippen molar-refractivity contribution in [1.29, 1.82) is 0 Å². The van der Waals surface area contributed by atoms with Crippen LogP contribution in [0.2, 0.25) is 0 Å². The van der Waals surface area contributed by atoms with Crippen LogP contribution in [0.5, 0.6) is 5.75 Å². The molecule has 1 aliphatic carbocycles. The molecule has 2 N–H and O–H groups in total. The molecule has 0 bridgehead atoms. The first-order valence-corrected chi connectivity index (χ1v) is 8.81. The summed E-state index contributed by atoms with van der Waals surface area (Å²) in [5, 5.41) is 0. The van der Waals surface area contributed by atoms with Gasteiger partial charge in [0, 0.05) is 37.9 Å². The molecule has 0 unspecified atom stereocenters. The second-order valence-corrected chi connectivity index (χ2v) is 7.16. The van der Waals surface area contributed by atoms with Crippen molar-refractivity contribution in [3.8, 4) is 5.75 Å². The average molecular weight is 316 g/mol. The summed E-state index contributed by atoms with van der Waals surface area (Å²) in [4.78, 5) is 14.5. The molecular formula is C19H28N2O2. The third kappa shape index (κ3) is 3.86. The maximum Gasteiger partial charge on any atom is 0.225 e. The Hall–Kier alpha value is -1.55. The summed E-state index contributed by atoms with van der Waals surface area (Å²) >= 11 is 0. The number of piperidine rings is 1. The van der Waals surface area contributed by atoms with Crippen LogP contribution < -0.4 is 10.5 Å². The van der Waals surface area contributed by atoms with E-state index in [1.807, 2.05) is 11.0 Å². The Morgan fingerprint density at radius 2 is 1.87 bits per heavy atom. The van der Waals surface area contributed by atoms with E-state index in [-0.39, 0.29) is 18.1 Å². The van der Waals surface area contributed by atoms with Gasteiger partial charge < -0.3 is 15.4 Å². The molecule has 1 saturated carbocycles. The van der Waals surface area contributed by atoms with Gasteiger partial charge in [-0.05, 0) is 56.4 Å². The molecule has 23 heavy (non-hydrogen) atoms. The molecule has 0 spiro atoms. The van der Waals surface area contributed by atoms with Gasteiger partial charge in [0.2, 0.25) is 5.91 Å². The number of likely N-dealkylation sites (tertiary alicyclic amines) is 1. The van der Waals surface area contributed by atoms with Crippen molar-refractivity contribution < 1.29 is 9.53 Å². The van der Waals surface area contributed by atoms with Gasteiger partial charge >= 0.3 is 0 Å². The van der Waals surface area contributed by atoms with Crippen molar-refractivity contribution in [1.82, 2.24) is 4.90 Å². The minimum Gasteiger partial charge on any atom is -0.490 e. The molecule has 1 amide bonds. The minimum absolute atomic E-state index is 0.155. The number of hydrogen-bond donors (Lipinski definition) is 1. The summed E-state index contributed by atoms with van der Waals surface area (Å²) in [6.45, 7) is 5.83. The summed E-state index contributed by atoms with van der Waals surface area (Å²) < 4.78 is 6.10. The first-order chi connectivity index (χ1) is 11.0. The van der Waals surface area contributed by atoms with Crippen molar-refractivity contribution in [3.05, 3.63) is 29.3 Å². The Morgan fingerprint density at radius 1 is 1.13 bits per heavy atom. The monoisotopic (exact) mass is 316 g/mol. The Bertz CT molecular complexity index is 564. The van der Waals surface area contributed by atoms with E-state index in [0.717, 1.165) is 50.9 Å². The van der Waals surface area contributed by atoms with Gasteiger partial charge in [0.05, 0.1) is 0 Å². The van der Waals surface area contributed by atoms with Gasteiger partial charge in [-0.15, -0.1) is 0 Å². The number of amides is 1. The quantitative estimate of drug-likeness (QED) is 0.933. The van der Waals surface area contributed by atoms with Crippen LogP contribution in [0.4, 0.5) is 0 Å². The van der Waals surface area contributed by atoms with Crippen LogP contribution in [-0.2, 0) is 4.79 Å². The maximum absolute atomic E-state index is 12.5. The summed E-state index contributed by atoms with van der Waals surface area (Å²) in [6.07, 6.45) is 4.85. The Kier molecular flexibility index (Phi) is 4.90. The van der Waals surface area contributed by atoms with Crippen LogP contribution in [0.3, 0.4) is 0 Å². The minimum atomic E-state index is 0.155. The third-order valence-electron chi connectivity index (χ3n) is 5.36. The fourth-order valence-electron chi connectivity index (χ4n) is 3.67. The van der Waals surface area contributed by atoms with Crippen LogP contribution in [-0.4, -0.2) is 36.0 Å². The number of carbonyl (C=O) groups is 1. The van der Waals surface area contributed by atoms with Gasteiger partial charge in [0.1, 0.15) is 11.9 Å². The largest absolute Gasteiger partial charge is 0.490 e. The zero-order valence-electron chi connectivity index (χ0n) is 14.3. The van der Waals surface area contributed by atoms with Crippen molar-refractivity contribution >= 4 is 5.91 Å². The molecule has 1 aromatic rings. The first kappa shape index (κ1) is 16.3. The zero-order chi connectivity index (χ0) is 16.4. The number of rotatable bonds is 3. The van der Waals surface area contributed by atoms with Crippen LogP contribution in [0, 0.1) is 19.8 Å². The summed E-state index contributed by atoms with van der Waals surface area (Å²) in [6, 6.07) is 6.47. The molecule has 2 fully saturated rings. The molecule has 0 aromatic heterocycles. The number of ether oxygens (including phenoxy) is 1. The third-order valence-corrected chi connectivity index (χ3v) is 5.36. The average Bonchev–Trinajstić information content (AvgIpc) is 2.97. The molecule has 3 rings (SSSR count). The maximum atomic E-state index is 12.5. The second kappa shape index (κ2) is 6.91. The highest BCUT2D eigenvalue weighted by molar-refractivity contribution is 5.79. The van der Waals surface area contributed by atoms with Crippen molar-refractivity contribution in [2.24, 2.45) is 11.7 Å². The molecule has 2 aliphatic rings. The Morgan fingerprint density at radius 3 is 2.48 bits per heavy atom. The summed E-state index contributed by atoms with van der Waals surface area (Å²) in [7, 11) is 0. The van der Waals surface area contributed by atoms with Crippen LogP contribution in [0.1, 0.15) is 43.2 Å². The Balaban J connectivity index is 1.50. The van der Waals surface area contributed by atoms with Gasteiger partial charge in [-0.3, -0.25) is 4.79 Å². The Labute approximate surface area is 139 Å². The predicted molar refractivity (Wildman–Crippen MR) is 91.5 cm³/mol. The molecule has 4 heteroatoms. The van der Waals surface area contributed by atoms with Gasteiger partial charge in [0.25, 0.3) is 0 Å². The fraction of sp³-hybridized carbons (Fsp3) is 0.632. The molecule has 1 aromatic carbocycles. The summed E-state index contributed by atoms with van der Waals surface area (Å²) in [5.41, 5.74) is 8.47. The van der Waals surface area contributed by atoms with Gasteiger partial charge in [0.15, 0.2) is 0 Å². The molecule has 1 aliphatic heterocycles. The van der Waals surface area contributed by atoms with Crippen LogP contribution in [0.25, 0.3) is 0 Å². The highest BCUT2D eigenvalue weighted by Gasteiger charge is 2.33. The van der Waals surface area contributed by atoms with E-state index < -0.39 is 0 Å². The van der Waals surface area contributed by atoms with E-state index in [2.05, 4.69) is 26.0 Å². The number of hydrogen-bond acceptors (Lipinski definition) is 3. The van der Waals surface area contributed by atoms with Crippen molar-refractivity contribution in [3.63, 3.8) is 0 Å². The lowest BCUT2D eigenvalue weighted by Crippen LogP contribution is -2.44. The second-order valence-electron chi connectivity index (χ2n) is 7.16. The van der Waals surface area contributed by atoms with E-state index in [1.54, 1.807) is 0 Å². The smallest absolute Gasteiger partial charge is 0.225 e. The van der Waals surface area contributed by atoms with E-state index in [0.29, 0.717) is 5.91 Å². The van der Waals surface area contributed by atoms with Crippen LogP contribution >= 0.6 is 0 Å². The zero-order valence-corrected chi connectivity index (χ0v) is 14.3. The SMILES string of the molecule is Cc1ccc(OC2CCN(C(=O)[C@H]3CC[C@H](N)C3)CC2)cc1C. The lowest BCUT2D eigenvalue weighted by atomic mass is 10.0. The highest BCUT2D eigenvalue weighted by atomic mass is 16.5. The molecular weight excluding hydrogens is 288 g/mol. The molecule has 2 atom stereocenters. The van der Waals surface area contributed by atoms with Crippen molar-refractivity contribution in [2.45, 2.75) is 58.1 Å². The number of carbonyl (C=O) groups excluding carboxylic acids is 1. The lowest BCUT2D eigenvalue weighted by molar-refractivity contribution is -0.137. The molecule has 1 heterocycles. The van der Waals surface area contributed by atoms with E-state index in [9.17, 15) is 4.79 Å². The predicted octanol–water partition coefficient (Wildman–Crippen LogP) is 2.80. The van der Waals surface area contributed by atoms with Gasteiger partial charge in [-0.1, -0.05) is 6.07 Å². The molecule has 4 nitrogen and oxygen atoms in total. The fourth-order valence-corrected chi connectivity index (χ4v) is 3.67. The molecule has 1 saturated heterocycles. The summed E-state index contributed by atoms with van der Waals surface area (Å²) in [5.74, 6) is 1.41. The number of nitrogens with two attached hydrogens (primary N) is 1. The van der Waals surface area contributed by atoms with Gasteiger partial charge in [-0.2, -0.15) is 0 Å². The lowest BCUT2D eigenvalue weighted by Gasteiger charge is -2.33. The highest BCUT2D eigenvalue weighted by Crippen LogP contribution is 2.28. The number of nitrogens with zero attached hydrogens (tertiary/aromatic N) is 1. The standard InChI is InChI=1S/C19H28N2O2/c1-13-3-6-18(11-14(13)2)23-17-7-9-21(10-8-17)19(22)15-4-5-16(20)12-15/h3,6,11,15-17H,4-5,7-10,12,20H2,1-2H3/t15-,16-/m0/s1. The van der Waals surface area contributed by atoms with Crippen molar-refractivity contribution in [2.75, 3.05) is 13.1 Å². The molecule has 0 radical (unpaired) electrons. The van der Waals surface area contributed by atoms with E-state index >= 15 is 0 Å². The van der Waals surface area contributed by atoms with Gasteiger partial charge in [-0.25, -0.2) is 0 Å². The number of benzene rings is 1. The van der Waals surface area contributed by atoms with E-state index in [4.69, 9.17) is 10.5 Å². The normalized spacial score (nSPS) is 25.6. The van der Waals surface area contributed by atoms with E-state index in [1.165, 1.54) is 11.1 Å². The van der Waals surface area contributed by atoms with Crippen LogP contribution in [0.15, 0.2) is 18.2 Å².